The fraction of sp³-hybridized carbons (Fsp3) is 0.333. The number of likely N-dealkylation sites (tertiary alicyclic amines) is 1. The first-order valence-electron chi connectivity index (χ1n) is 9.57. The number of thiophene rings is 1. The van der Waals surface area contributed by atoms with Gasteiger partial charge in [-0.2, -0.15) is 0 Å². The van der Waals surface area contributed by atoms with E-state index in [0.29, 0.717) is 23.2 Å². The predicted molar refractivity (Wildman–Crippen MR) is 117 cm³/mol. The molecule has 144 valence electrons. The van der Waals surface area contributed by atoms with E-state index in [-0.39, 0.29) is 5.82 Å². The summed E-state index contributed by atoms with van der Waals surface area (Å²) in [5.74, 6) is 0.234. The average Bonchev–Trinajstić information content (AvgIpc) is 3.41. The van der Waals surface area contributed by atoms with E-state index in [1.54, 1.807) is 29.1 Å². The summed E-state index contributed by atoms with van der Waals surface area (Å²) in [5.41, 5.74) is 3.44. The van der Waals surface area contributed by atoms with Gasteiger partial charge in [-0.05, 0) is 50.7 Å². The number of rotatable bonds is 4. The number of halogens is 1. The molecule has 7 heteroatoms. The van der Waals surface area contributed by atoms with E-state index >= 15 is 0 Å². The van der Waals surface area contributed by atoms with Crippen LogP contribution in [0, 0.1) is 5.82 Å². The number of benzene rings is 1. The number of aromatic nitrogens is 2. The Kier molecular flexibility index (Phi) is 4.53. The zero-order chi connectivity index (χ0) is 19.3. The topological polar surface area (TPSA) is 41.0 Å². The highest BCUT2D eigenvalue weighted by Gasteiger charge is 2.32. The largest absolute Gasteiger partial charge is 0.352 e. The van der Waals surface area contributed by atoms with Gasteiger partial charge in [0.25, 0.3) is 0 Å². The molecule has 1 N–H and O–H groups in total. The molecule has 0 spiro atoms. The van der Waals surface area contributed by atoms with Crippen molar-refractivity contribution < 1.29 is 4.39 Å². The van der Waals surface area contributed by atoms with E-state index in [9.17, 15) is 4.39 Å². The Bertz CT molecular complexity index is 1150. The molecule has 5 rings (SSSR count). The van der Waals surface area contributed by atoms with Gasteiger partial charge in [-0.3, -0.25) is 0 Å². The van der Waals surface area contributed by atoms with Crippen LogP contribution >= 0.6 is 22.7 Å². The molecule has 1 aliphatic rings. The summed E-state index contributed by atoms with van der Waals surface area (Å²) in [4.78, 5) is 13.6. The van der Waals surface area contributed by atoms with Crippen LogP contribution < -0.4 is 5.32 Å². The lowest BCUT2D eigenvalue weighted by Crippen LogP contribution is -2.28. The van der Waals surface area contributed by atoms with Crippen molar-refractivity contribution in [2.45, 2.75) is 32.2 Å². The zero-order valence-electron chi connectivity index (χ0n) is 15.8. The molecule has 2 atom stereocenters. The predicted octanol–water partition coefficient (Wildman–Crippen LogP) is 5.99. The lowest BCUT2D eigenvalue weighted by Gasteiger charge is -2.22. The smallest absolute Gasteiger partial charge is 0.173 e. The molecule has 4 heterocycles. The second-order valence-corrected chi connectivity index (χ2v) is 9.19. The molecule has 4 aromatic rings. The molecule has 0 aliphatic carbocycles. The van der Waals surface area contributed by atoms with Crippen LogP contribution in [0.3, 0.4) is 0 Å². The molecule has 3 aromatic heterocycles. The lowest BCUT2D eigenvalue weighted by atomic mass is 9.99. The molecule has 28 heavy (non-hydrogen) atoms. The number of nitrogens with one attached hydrogen (secondary N) is 1. The maximum absolute atomic E-state index is 14.8. The molecule has 1 saturated heterocycles. The number of thiazole rings is 1. The summed E-state index contributed by atoms with van der Waals surface area (Å²) in [6.07, 6.45) is 2.97. The third kappa shape index (κ3) is 2.89. The Morgan fingerprint density at radius 3 is 2.96 bits per heavy atom. The van der Waals surface area contributed by atoms with Crippen molar-refractivity contribution in [3.8, 4) is 0 Å². The van der Waals surface area contributed by atoms with Crippen LogP contribution in [0.2, 0.25) is 0 Å². The van der Waals surface area contributed by atoms with Crippen molar-refractivity contribution in [1.82, 2.24) is 14.9 Å². The van der Waals surface area contributed by atoms with Crippen LogP contribution in [-0.2, 0) is 0 Å². The number of nitrogens with zero attached hydrogens (tertiary/aromatic N) is 3. The zero-order valence-corrected chi connectivity index (χ0v) is 17.4. The van der Waals surface area contributed by atoms with Crippen LogP contribution in [0.4, 0.5) is 15.8 Å². The second-order valence-electron chi connectivity index (χ2n) is 7.24. The molecule has 0 bridgehead atoms. The van der Waals surface area contributed by atoms with Crippen LogP contribution in [0.1, 0.15) is 31.1 Å². The SMILES string of the molecule is CCN1CC[C@@H](c2cc3c(Nc4ccc5scnc5c4F)ccnc3s2)[C@H]1C. The van der Waals surface area contributed by atoms with Gasteiger partial charge < -0.3 is 10.2 Å². The molecule has 1 aliphatic heterocycles. The third-order valence-electron chi connectivity index (χ3n) is 5.82. The standard InChI is InChI=1S/C21H21FN4S2/c1-3-26-9-7-13(12(26)2)18-10-14-15(6-8-23-21(14)28-18)25-16-4-5-17-20(19(16)22)24-11-27-17/h4-6,8,10-13H,3,7,9H2,1-2H3,(H,23,25)/t12-,13-/m1/s1. The van der Waals surface area contributed by atoms with Crippen molar-refractivity contribution in [2.75, 3.05) is 18.4 Å². The number of anilines is 2. The van der Waals surface area contributed by atoms with Crippen molar-refractivity contribution in [2.24, 2.45) is 0 Å². The van der Waals surface area contributed by atoms with E-state index in [1.165, 1.54) is 22.6 Å². The Morgan fingerprint density at radius 2 is 2.14 bits per heavy atom. The van der Waals surface area contributed by atoms with E-state index in [4.69, 9.17) is 0 Å². The Labute approximate surface area is 171 Å². The van der Waals surface area contributed by atoms with Gasteiger partial charge in [0.2, 0.25) is 0 Å². The van der Waals surface area contributed by atoms with Crippen LogP contribution in [0.15, 0.2) is 36.0 Å². The van der Waals surface area contributed by atoms with Crippen molar-refractivity contribution in [3.63, 3.8) is 0 Å². The quantitative estimate of drug-likeness (QED) is 0.447. The van der Waals surface area contributed by atoms with Gasteiger partial charge >= 0.3 is 0 Å². The monoisotopic (exact) mass is 412 g/mol. The van der Waals surface area contributed by atoms with E-state index in [0.717, 1.165) is 33.7 Å². The summed E-state index contributed by atoms with van der Waals surface area (Å²) in [6.45, 7) is 6.78. The minimum atomic E-state index is -0.304. The number of hydrogen-bond acceptors (Lipinski definition) is 6. The van der Waals surface area contributed by atoms with Crippen LogP contribution in [-0.4, -0.2) is 34.0 Å². The van der Waals surface area contributed by atoms with Gasteiger partial charge in [0.1, 0.15) is 10.3 Å². The summed E-state index contributed by atoms with van der Waals surface area (Å²) in [5, 5.41) is 4.34. The summed E-state index contributed by atoms with van der Waals surface area (Å²) < 4.78 is 15.7. The van der Waals surface area contributed by atoms with Crippen LogP contribution in [0.25, 0.3) is 20.4 Å². The van der Waals surface area contributed by atoms with Crippen LogP contribution in [0.5, 0.6) is 0 Å². The van der Waals surface area contributed by atoms with E-state index in [2.05, 4.69) is 40.1 Å². The fourth-order valence-electron chi connectivity index (χ4n) is 4.22. The van der Waals surface area contributed by atoms with Gasteiger partial charge in [-0.15, -0.1) is 22.7 Å². The lowest BCUT2D eigenvalue weighted by molar-refractivity contribution is 0.274. The first-order chi connectivity index (χ1) is 13.7. The molecule has 1 fully saturated rings. The molecule has 0 unspecified atom stereocenters. The third-order valence-corrected chi connectivity index (χ3v) is 7.79. The first kappa shape index (κ1) is 18.0. The highest BCUT2D eigenvalue weighted by atomic mass is 32.1. The maximum Gasteiger partial charge on any atom is 0.173 e. The van der Waals surface area contributed by atoms with Crippen molar-refractivity contribution in [1.29, 1.82) is 0 Å². The fourth-order valence-corrected chi connectivity index (χ4v) is 6.15. The summed E-state index contributed by atoms with van der Waals surface area (Å²) in [7, 11) is 0. The molecule has 0 radical (unpaired) electrons. The van der Waals surface area contributed by atoms with Crippen molar-refractivity contribution >= 4 is 54.5 Å². The van der Waals surface area contributed by atoms with Gasteiger partial charge in [0.05, 0.1) is 21.6 Å². The molecular weight excluding hydrogens is 391 g/mol. The Morgan fingerprint density at radius 1 is 1.25 bits per heavy atom. The van der Waals surface area contributed by atoms with Gasteiger partial charge in [0.15, 0.2) is 5.82 Å². The molecule has 0 amide bonds. The maximum atomic E-state index is 14.8. The van der Waals surface area contributed by atoms with Gasteiger partial charge in [-0.1, -0.05) is 6.92 Å². The highest BCUT2D eigenvalue weighted by Crippen LogP contribution is 2.41. The van der Waals surface area contributed by atoms with Gasteiger partial charge in [-0.25, -0.2) is 14.4 Å². The normalized spacial score (nSPS) is 20.4. The summed E-state index contributed by atoms with van der Waals surface area (Å²) in [6, 6.07) is 8.40. The minimum absolute atomic E-state index is 0.304. The Hall–Kier alpha value is -2.09. The average molecular weight is 413 g/mol. The van der Waals surface area contributed by atoms with E-state index < -0.39 is 0 Å². The first-order valence-corrected chi connectivity index (χ1v) is 11.3. The number of likely N-dealkylation sites (N-methyl/N-ethyl adjacent to an activating group) is 1. The molecule has 0 saturated carbocycles. The van der Waals surface area contributed by atoms with Gasteiger partial charge in [0, 0.05) is 28.4 Å². The van der Waals surface area contributed by atoms with Crippen molar-refractivity contribution in [3.05, 3.63) is 46.7 Å². The Balaban J connectivity index is 1.51. The highest BCUT2D eigenvalue weighted by molar-refractivity contribution is 7.18. The molecule has 4 nitrogen and oxygen atoms in total. The second kappa shape index (κ2) is 7.06. The number of fused-ring (bicyclic) bond motifs is 2. The molecular formula is C21H21FN4S2. The molecule has 1 aromatic carbocycles. The number of hydrogen-bond donors (Lipinski definition) is 1. The number of pyridine rings is 1. The summed E-state index contributed by atoms with van der Waals surface area (Å²) >= 11 is 3.21. The minimum Gasteiger partial charge on any atom is -0.352 e. The van der Waals surface area contributed by atoms with E-state index in [1.807, 2.05) is 12.1 Å².